The van der Waals surface area contributed by atoms with Crippen LogP contribution in [0.5, 0.6) is 0 Å². The van der Waals surface area contributed by atoms with Gasteiger partial charge in [0.2, 0.25) is 0 Å². The van der Waals surface area contributed by atoms with Crippen LogP contribution in [0.1, 0.15) is 16.1 Å². The van der Waals surface area contributed by atoms with Gasteiger partial charge in [-0.05, 0) is 18.2 Å². The Bertz CT molecular complexity index is 1150. The second-order valence-corrected chi connectivity index (χ2v) is 7.33. The van der Waals surface area contributed by atoms with Crippen LogP contribution in [-0.4, -0.2) is 56.1 Å². The van der Waals surface area contributed by atoms with Crippen molar-refractivity contribution < 1.29 is 27.8 Å². The highest BCUT2D eigenvalue weighted by atomic mass is 19.4. The number of hydrogen-bond acceptors (Lipinski definition) is 7. The number of rotatable bonds is 4. The number of aliphatic hydroxyl groups excluding tert-OH is 1. The second-order valence-electron chi connectivity index (χ2n) is 7.33. The molecule has 9 nitrogen and oxygen atoms in total. The molecule has 0 unspecified atom stereocenters. The first-order valence-electron chi connectivity index (χ1n) is 9.53. The average molecular weight is 448 g/mol. The van der Waals surface area contributed by atoms with Crippen LogP contribution in [0.15, 0.2) is 36.8 Å². The third-order valence-electron chi connectivity index (χ3n) is 5.00. The van der Waals surface area contributed by atoms with E-state index in [1.54, 1.807) is 13.2 Å². The van der Waals surface area contributed by atoms with Crippen LogP contribution >= 0.6 is 0 Å². The van der Waals surface area contributed by atoms with Crippen LogP contribution in [0.25, 0.3) is 22.5 Å². The van der Waals surface area contributed by atoms with Crippen LogP contribution in [0.2, 0.25) is 0 Å². The van der Waals surface area contributed by atoms with Gasteiger partial charge in [0.25, 0.3) is 5.91 Å². The molecule has 4 rings (SSSR count). The highest BCUT2D eigenvalue weighted by molar-refractivity contribution is 6.03. The van der Waals surface area contributed by atoms with Gasteiger partial charge in [-0.25, -0.2) is 4.98 Å². The van der Waals surface area contributed by atoms with Gasteiger partial charge in [-0.1, -0.05) is 0 Å². The van der Waals surface area contributed by atoms with Crippen LogP contribution in [0.4, 0.5) is 18.9 Å². The number of nitrogens with one attached hydrogen (secondary N) is 1. The van der Waals surface area contributed by atoms with Crippen molar-refractivity contribution in [2.75, 3.05) is 18.9 Å². The van der Waals surface area contributed by atoms with Crippen molar-refractivity contribution in [1.82, 2.24) is 25.1 Å². The number of carbonyl (C=O) groups excluding carboxylic acids is 1. The fourth-order valence-corrected chi connectivity index (χ4v) is 3.29. The smallest absolute Gasteiger partial charge is 0.396 e. The van der Waals surface area contributed by atoms with Crippen molar-refractivity contribution in [3.05, 3.63) is 48.0 Å². The molecule has 0 spiro atoms. The van der Waals surface area contributed by atoms with Crippen molar-refractivity contribution in [3.8, 4) is 22.5 Å². The van der Waals surface area contributed by atoms with Crippen molar-refractivity contribution in [2.45, 2.75) is 18.3 Å². The summed E-state index contributed by atoms with van der Waals surface area (Å²) in [4.78, 5) is 20.9. The molecule has 3 aromatic rings. The Morgan fingerprint density at radius 1 is 1.28 bits per heavy atom. The van der Waals surface area contributed by atoms with Gasteiger partial charge in [0.15, 0.2) is 0 Å². The number of aryl methyl sites for hydroxylation is 1. The summed E-state index contributed by atoms with van der Waals surface area (Å²) in [6, 6.07) is 2.81. The predicted molar refractivity (Wildman–Crippen MR) is 107 cm³/mol. The molecular formula is C20H19F3N6O3. The minimum Gasteiger partial charge on any atom is -0.396 e. The molecule has 12 heteroatoms. The summed E-state index contributed by atoms with van der Waals surface area (Å²) in [7, 11) is 1.69. The van der Waals surface area contributed by atoms with E-state index in [1.807, 2.05) is 0 Å². The molecule has 1 aliphatic rings. The molecule has 32 heavy (non-hydrogen) atoms. The van der Waals surface area contributed by atoms with Gasteiger partial charge >= 0.3 is 6.18 Å². The Hall–Kier alpha value is -3.51. The van der Waals surface area contributed by atoms with Crippen molar-refractivity contribution in [3.63, 3.8) is 0 Å². The third-order valence-corrected chi connectivity index (χ3v) is 5.00. The monoisotopic (exact) mass is 448 g/mol. The molecule has 1 aliphatic heterocycles. The number of nitrogens with two attached hydrogens (primary N) is 1. The Kier molecular flexibility index (Phi) is 5.57. The molecule has 1 amide bonds. The normalized spacial score (nSPS) is 18.7. The number of hydrogen-bond donors (Lipinski definition) is 3. The summed E-state index contributed by atoms with van der Waals surface area (Å²) < 4.78 is 45.3. The van der Waals surface area contributed by atoms with Gasteiger partial charge in [-0.15, -0.1) is 0 Å². The molecule has 0 bridgehead atoms. The van der Waals surface area contributed by atoms with E-state index in [2.05, 4.69) is 20.4 Å². The van der Waals surface area contributed by atoms with Gasteiger partial charge in [0, 0.05) is 30.6 Å². The Balaban J connectivity index is 1.78. The first-order chi connectivity index (χ1) is 15.1. The molecule has 0 saturated carbocycles. The van der Waals surface area contributed by atoms with E-state index in [-0.39, 0.29) is 41.4 Å². The summed E-state index contributed by atoms with van der Waals surface area (Å²) >= 11 is 0. The number of aromatic nitrogens is 4. The SMILES string of the molecule is Cn1cc(-c2nc(-c3ccc(C(F)(F)F)nc3)cc(C(=O)N[C@@H]3COC[C@H]3O)c2N)cn1. The standard InChI is InChI=1S/C20H19F3N6O3/c1-29-7-11(6-26-29)18-17(24)12(19(31)28-14-8-32-9-15(14)30)4-13(27-18)10-2-3-16(25-5-10)20(21,22)23/h2-7,14-15,30H,8-9,24H2,1H3,(H,28,31)/t14-,15-/m1/s1. The number of alkyl halides is 3. The van der Waals surface area contributed by atoms with Gasteiger partial charge in [0.05, 0.1) is 54.2 Å². The number of aliphatic hydroxyl groups is 1. The molecule has 0 aromatic carbocycles. The molecule has 168 valence electrons. The summed E-state index contributed by atoms with van der Waals surface area (Å²) in [5.74, 6) is -0.578. The van der Waals surface area contributed by atoms with Gasteiger partial charge in [-0.2, -0.15) is 18.3 Å². The van der Waals surface area contributed by atoms with E-state index in [0.717, 1.165) is 12.3 Å². The van der Waals surface area contributed by atoms with Crippen LogP contribution < -0.4 is 11.1 Å². The third kappa shape index (κ3) is 4.27. The summed E-state index contributed by atoms with van der Waals surface area (Å²) in [6.07, 6.45) is -1.26. The summed E-state index contributed by atoms with van der Waals surface area (Å²) in [5, 5.41) is 16.7. The van der Waals surface area contributed by atoms with Crippen LogP contribution in [0.3, 0.4) is 0 Å². The molecule has 2 atom stereocenters. The minimum absolute atomic E-state index is 0.0489. The number of nitrogen functional groups attached to an aromatic ring is 1. The van der Waals surface area contributed by atoms with Crippen molar-refractivity contribution >= 4 is 11.6 Å². The van der Waals surface area contributed by atoms with E-state index in [9.17, 15) is 23.1 Å². The fourth-order valence-electron chi connectivity index (χ4n) is 3.29. The quantitative estimate of drug-likeness (QED) is 0.554. The maximum Gasteiger partial charge on any atom is 0.433 e. The van der Waals surface area contributed by atoms with Crippen LogP contribution in [0, 0.1) is 0 Å². The predicted octanol–water partition coefficient (Wildman–Crippen LogP) is 1.63. The number of ether oxygens (including phenoxy) is 1. The fraction of sp³-hybridized carbons (Fsp3) is 0.300. The topological polar surface area (TPSA) is 128 Å². The maximum absolute atomic E-state index is 13.0. The number of nitrogens with zero attached hydrogens (tertiary/aromatic N) is 4. The molecule has 4 heterocycles. The summed E-state index contributed by atoms with van der Waals surface area (Å²) in [6.45, 7) is 0.239. The zero-order valence-corrected chi connectivity index (χ0v) is 16.8. The molecule has 4 N–H and O–H groups in total. The molecule has 3 aromatic heterocycles. The Labute approximate surface area is 180 Å². The minimum atomic E-state index is -4.58. The van der Waals surface area contributed by atoms with Gasteiger partial charge in [-0.3, -0.25) is 14.5 Å². The number of carbonyl (C=O) groups is 1. The lowest BCUT2D eigenvalue weighted by atomic mass is 10.0. The average Bonchev–Trinajstić information content (AvgIpc) is 3.35. The van der Waals surface area contributed by atoms with Crippen molar-refractivity contribution in [2.24, 2.45) is 7.05 Å². The van der Waals surface area contributed by atoms with Gasteiger partial charge < -0.3 is 20.9 Å². The molecule has 0 aliphatic carbocycles. The molecule has 0 radical (unpaired) electrons. The van der Waals surface area contributed by atoms with E-state index in [1.165, 1.54) is 23.0 Å². The van der Waals surface area contributed by atoms with E-state index < -0.39 is 29.9 Å². The Morgan fingerprint density at radius 2 is 2.06 bits per heavy atom. The molecule has 1 saturated heterocycles. The van der Waals surface area contributed by atoms with E-state index in [4.69, 9.17) is 10.5 Å². The lowest BCUT2D eigenvalue weighted by molar-refractivity contribution is -0.141. The zero-order valence-electron chi connectivity index (χ0n) is 16.8. The first kappa shape index (κ1) is 21.7. The lowest BCUT2D eigenvalue weighted by Gasteiger charge is -2.17. The maximum atomic E-state index is 13.0. The highest BCUT2D eigenvalue weighted by Crippen LogP contribution is 2.32. The highest BCUT2D eigenvalue weighted by Gasteiger charge is 2.32. The number of pyridine rings is 2. The molecule has 1 fully saturated rings. The zero-order chi connectivity index (χ0) is 23.0. The second kappa shape index (κ2) is 8.20. The Morgan fingerprint density at radius 3 is 2.62 bits per heavy atom. The number of amides is 1. The largest absolute Gasteiger partial charge is 0.433 e. The van der Waals surface area contributed by atoms with Crippen molar-refractivity contribution in [1.29, 1.82) is 0 Å². The molecular weight excluding hydrogens is 429 g/mol. The van der Waals surface area contributed by atoms with Gasteiger partial charge in [0.1, 0.15) is 5.69 Å². The van der Waals surface area contributed by atoms with Crippen LogP contribution in [-0.2, 0) is 18.0 Å². The lowest BCUT2D eigenvalue weighted by Crippen LogP contribution is -2.42. The number of anilines is 1. The first-order valence-corrected chi connectivity index (χ1v) is 9.53. The van der Waals surface area contributed by atoms with E-state index in [0.29, 0.717) is 5.56 Å². The summed E-state index contributed by atoms with van der Waals surface area (Å²) in [5.41, 5.74) is 6.54. The number of halogens is 3. The van der Waals surface area contributed by atoms with E-state index >= 15 is 0 Å².